The number of nitrogens with zero attached hydrogens (tertiary/aromatic N) is 1. The van der Waals surface area contributed by atoms with Crippen LogP contribution in [0, 0.1) is 0 Å². The van der Waals surface area contributed by atoms with Gasteiger partial charge in [-0.25, -0.2) is 4.79 Å². The smallest absolute Gasteiger partial charge is 0.325 e. The number of aromatic nitrogens is 2. The van der Waals surface area contributed by atoms with E-state index >= 15 is 0 Å². The van der Waals surface area contributed by atoms with Gasteiger partial charge in [-0.1, -0.05) is 6.07 Å². The van der Waals surface area contributed by atoms with Gasteiger partial charge in [0.15, 0.2) is 11.5 Å². The summed E-state index contributed by atoms with van der Waals surface area (Å²) in [7, 11) is 3.22. The predicted molar refractivity (Wildman–Crippen MR) is 68.3 cm³/mol. The van der Waals surface area contributed by atoms with Crippen LogP contribution in [0.5, 0.6) is 11.5 Å². The molecular formula is C13H16N2O3. The van der Waals surface area contributed by atoms with Gasteiger partial charge < -0.3 is 14.5 Å². The molecule has 0 aliphatic rings. The minimum Gasteiger partial charge on any atom is -0.493 e. The van der Waals surface area contributed by atoms with Crippen molar-refractivity contribution in [1.29, 1.82) is 0 Å². The zero-order chi connectivity index (χ0) is 13.0. The molecule has 5 heteroatoms. The van der Waals surface area contributed by atoms with Crippen molar-refractivity contribution >= 4 is 0 Å². The van der Waals surface area contributed by atoms with Gasteiger partial charge in [0.25, 0.3) is 0 Å². The third-order valence-corrected chi connectivity index (χ3v) is 2.81. The largest absolute Gasteiger partial charge is 0.493 e. The van der Waals surface area contributed by atoms with E-state index in [4.69, 9.17) is 9.47 Å². The normalized spacial score (nSPS) is 10.3. The third-order valence-electron chi connectivity index (χ3n) is 2.81. The van der Waals surface area contributed by atoms with Crippen LogP contribution in [0.1, 0.15) is 5.56 Å². The number of ether oxygens (including phenoxy) is 2. The molecule has 0 unspecified atom stereocenters. The minimum atomic E-state index is -0.0875. The first-order chi connectivity index (χ1) is 8.74. The molecule has 0 aliphatic heterocycles. The van der Waals surface area contributed by atoms with Gasteiger partial charge in [0.1, 0.15) is 0 Å². The van der Waals surface area contributed by atoms with Crippen LogP contribution in [-0.4, -0.2) is 23.8 Å². The van der Waals surface area contributed by atoms with Crippen LogP contribution in [0.3, 0.4) is 0 Å². The van der Waals surface area contributed by atoms with Gasteiger partial charge in [-0.15, -0.1) is 0 Å². The number of rotatable bonds is 5. The molecule has 2 rings (SSSR count). The van der Waals surface area contributed by atoms with Crippen molar-refractivity contribution < 1.29 is 9.47 Å². The van der Waals surface area contributed by atoms with E-state index in [1.165, 1.54) is 0 Å². The molecule has 1 aromatic heterocycles. The van der Waals surface area contributed by atoms with E-state index in [1.807, 2.05) is 18.2 Å². The van der Waals surface area contributed by atoms with Crippen molar-refractivity contribution in [3.63, 3.8) is 0 Å². The van der Waals surface area contributed by atoms with E-state index in [0.717, 1.165) is 12.0 Å². The fourth-order valence-corrected chi connectivity index (χ4v) is 1.81. The van der Waals surface area contributed by atoms with Gasteiger partial charge in [-0.2, -0.15) is 0 Å². The van der Waals surface area contributed by atoms with Gasteiger partial charge in [-0.3, -0.25) is 4.57 Å². The summed E-state index contributed by atoms with van der Waals surface area (Å²) in [5.41, 5.74) is 1.01. The molecule has 0 fully saturated rings. The van der Waals surface area contributed by atoms with Gasteiger partial charge in [-0.05, 0) is 24.1 Å². The second-order valence-corrected chi connectivity index (χ2v) is 3.90. The topological polar surface area (TPSA) is 56.2 Å². The number of methoxy groups -OCH3 is 2. The Hall–Kier alpha value is -2.17. The van der Waals surface area contributed by atoms with E-state index in [2.05, 4.69) is 4.98 Å². The number of benzene rings is 1. The average Bonchev–Trinajstić information content (AvgIpc) is 2.81. The Morgan fingerprint density at radius 1 is 1.22 bits per heavy atom. The molecule has 1 N–H and O–H groups in total. The fourth-order valence-electron chi connectivity index (χ4n) is 1.81. The third kappa shape index (κ3) is 2.56. The predicted octanol–water partition coefficient (Wildman–Crippen LogP) is 1.44. The molecule has 0 amide bonds. The molecule has 1 heterocycles. The molecule has 5 nitrogen and oxygen atoms in total. The zero-order valence-corrected chi connectivity index (χ0v) is 10.5. The monoisotopic (exact) mass is 248 g/mol. The fraction of sp³-hybridized carbons (Fsp3) is 0.308. The Bertz CT molecular complexity index is 572. The molecule has 18 heavy (non-hydrogen) atoms. The standard InChI is InChI=1S/C13H16N2O3/c1-17-11-4-3-10(9-12(11)18-2)5-7-15-8-6-14-13(15)16/h3-4,6,8-9H,5,7H2,1-2H3,(H,14,16). The first kappa shape index (κ1) is 12.3. The molecule has 1 aromatic carbocycles. The first-order valence-corrected chi connectivity index (χ1v) is 5.69. The van der Waals surface area contributed by atoms with Crippen molar-refractivity contribution in [3.05, 3.63) is 46.6 Å². The van der Waals surface area contributed by atoms with Crippen LogP contribution in [0.2, 0.25) is 0 Å². The highest BCUT2D eigenvalue weighted by molar-refractivity contribution is 5.42. The first-order valence-electron chi connectivity index (χ1n) is 5.69. The lowest BCUT2D eigenvalue weighted by atomic mass is 10.1. The van der Waals surface area contributed by atoms with E-state index in [9.17, 15) is 4.79 Å². The molecule has 0 saturated heterocycles. The number of imidazole rings is 1. The minimum absolute atomic E-state index is 0.0875. The average molecular weight is 248 g/mol. The van der Waals surface area contributed by atoms with Crippen LogP contribution in [0.25, 0.3) is 0 Å². The van der Waals surface area contributed by atoms with Crippen LogP contribution < -0.4 is 15.2 Å². The molecule has 0 aliphatic carbocycles. The van der Waals surface area contributed by atoms with Crippen LogP contribution in [0.4, 0.5) is 0 Å². The Labute approximate surface area is 105 Å². The number of H-pyrrole nitrogens is 1. The summed E-state index contributed by atoms with van der Waals surface area (Å²) >= 11 is 0. The molecule has 0 atom stereocenters. The Kier molecular flexibility index (Phi) is 3.72. The molecule has 96 valence electrons. The number of aromatic amines is 1. The highest BCUT2D eigenvalue weighted by atomic mass is 16.5. The summed E-state index contributed by atoms with van der Waals surface area (Å²) in [4.78, 5) is 13.9. The van der Waals surface area contributed by atoms with Crippen molar-refractivity contribution in [2.24, 2.45) is 0 Å². The summed E-state index contributed by atoms with van der Waals surface area (Å²) in [5.74, 6) is 1.41. The van der Waals surface area contributed by atoms with E-state index in [1.54, 1.807) is 31.2 Å². The van der Waals surface area contributed by atoms with Crippen molar-refractivity contribution in [3.8, 4) is 11.5 Å². The van der Waals surface area contributed by atoms with Crippen LogP contribution in [-0.2, 0) is 13.0 Å². The van der Waals surface area contributed by atoms with Gasteiger partial charge in [0.2, 0.25) is 0 Å². The van der Waals surface area contributed by atoms with Gasteiger partial charge in [0, 0.05) is 18.9 Å². The second kappa shape index (κ2) is 5.44. The quantitative estimate of drug-likeness (QED) is 0.871. The molecule has 2 aromatic rings. The summed E-state index contributed by atoms with van der Waals surface area (Å²) in [6.45, 7) is 0.637. The van der Waals surface area contributed by atoms with Crippen LogP contribution in [0.15, 0.2) is 35.4 Å². The lowest BCUT2D eigenvalue weighted by Crippen LogP contribution is -2.17. The lowest BCUT2D eigenvalue weighted by Gasteiger charge is -2.09. The molecule has 0 radical (unpaired) electrons. The van der Waals surface area contributed by atoms with E-state index < -0.39 is 0 Å². The molecule has 0 bridgehead atoms. The highest BCUT2D eigenvalue weighted by Gasteiger charge is 2.05. The maximum absolute atomic E-state index is 11.3. The van der Waals surface area contributed by atoms with E-state index in [-0.39, 0.29) is 5.69 Å². The Balaban J connectivity index is 2.10. The second-order valence-electron chi connectivity index (χ2n) is 3.90. The highest BCUT2D eigenvalue weighted by Crippen LogP contribution is 2.27. The number of nitrogens with one attached hydrogen (secondary N) is 1. The maximum Gasteiger partial charge on any atom is 0.325 e. The molecular weight excluding hydrogens is 232 g/mol. The molecule has 0 spiro atoms. The number of hydrogen-bond acceptors (Lipinski definition) is 3. The van der Waals surface area contributed by atoms with Crippen LogP contribution >= 0.6 is 0 Å². The van der Waals surface area contributed by atoms with Gasteiger partial charge in [0.05, 0.1) is 14.2 Å². The van der Waals surface area contributed by atoms with E-state index in [0.29, 0.717) is 18.0 Å². The Morgan fingerprint density at radius 2 is 2.00 bits per heavy atom. The summed E-state index contributed by atoms with van der Waals surface area (Å²) in [6, 6.07) is 5.77. The lowest BCUT2D eigenvalue weighted by molar-refractivity contribution is 0.354. The SMILES string of the molecule is COc1ccc(CCn2cc[nH]c2=O)cc1OC. The van der Waals surface area contributed by atoms with Crippen molar-refractivity contribution in [1.82, 2.24) is 9.55 Å². The number of hydrogen-bond donors (Lipinski definition) is 1. The number of aryl methyl sites for hydroxylation is 2. The molecule has 0 saturated carbocycles. The van der Waals surface area contributed by atoms with Gasteiger partial charge >= 0.3 is 5.69 Å². The zero-order valence-electron chi connectivity index (χ0n) is 10.5. The van der Waals surface area contributed by atoms with Crippen molar-refractivity contribution in [2.75, 3.05) is 14.2 Å². The maximum atomic E-state index is 11.3. The Morgan fingerprint density at radius 3 is 2.61 bits per heavy atom. The summed E-state index contributed by atoms with van der Waals surface area (Å²) in [5, 5.41) is 0. The van der Waals surface area contributed by atoms with Crippen molar-refractivity contribution in [2.45, 2.75) is 13.0 Å². The summed E-state index contributed by atoms with van der Waals surface area (Å²) in [6.07, 6.45) is 4.14. The summed E-state index contributed by atoms with van der Waals surface area (Å²) < 4.78 is 12.0.